The van der Waals surface area contributed by atoms with Crippen LogP contribution >= 0.6 is 0 Å². The molecule has 2 amide bonds. The first kappa shape index (κ1) is 16.9. The monoisotopic (exact) mass is 335 g/mol. The number of likely N-dealkylation sites (N-methyl/N-ethyl adjacent to an activating group) is 1. The summed E-state index contributed by atoms with van der Waals surface area (Å²) >= 11 is 0. The Hall–Kier alpha value is -2.95. The van der Waals surface area contributed by atoms with E-state index in [1.165, 1.54) is 16.5 Å². The number of anilines is 1. The number of benzene rings is 1. The van der Waals surface area contributed by atoms with E-state index >= 15 is 0 Å². The van der Waals surface area contributed by atoms with Gasteiger partial charge in [0.1, 0.15) is 0 Å². The van der Waals surface area contributed by atoms with Crippen LogP contribution < -0.4 is 4.90 Å². The lowest BCUT2D eigenvalue weighted by atomic mass is 9.95. The molecule has 0 spiro atoms. The van der Waals surface area contributed by atoms with Crippen molar-refractivity contribution in [3.05, 3.63) is 72.1 Å². The Kier molecular flexibility index (Phi) is 4.65. The lowest BCUT2D eigenvalue weighted by molar-refractivity contribution is -0.113. The van der Waals surface area contributed by atoms with E-state index in [4.69, 9.17) is 0 Å². The van der Waals surface area contributed by atoms with Crippen molar-refractivity contribution in [1.82, 2.24) is 9.88 Å². The summed E-state index contributed by atoms with van der Waals surface area (Å²) < 4.78 is 0. The van der Waals surface area contributed by atoms with Crippen LogP contribution in [0.15, 0.2) is 55.4 Å². The third-order valence-electron chi connectivity index (χ3n) is 4.75. The van der Waals surface area contributed by atoms with Crippen molar-refractivity contribution in [3.8, 4) is 0 Å². The molecule has 1 aromatic carbocycles. The molecule has 5 heteroatoms. The zero-order valence-electron chi connectivity index (χ0n) is 14.5. The van der Waals surface area contributed by atoms with Gasteiger partial charge in [0, 0.05) is 37.2 Å². The summed E-state index contributed by atoms with van der Waals surface area (Å²) in [6.07, 6.45) is 5.74. The van der Waals surface area contributed by atoms with Crippen LogP contribution in [-0.4, -0.2) is 35.3 Å². The molecular weight excluding hydrogens is 314 g/mol. The van der Waals surface area contributed by atoms with Gasteiger partial charge in [-0.15, -0.1) is 0 Å². The normalized spacial score (nSPS) is 16.1. The van der Waals surface area contributed by atoms with Gasteiger partial charge in [0.2, 0.25) is 5.91 Å². The zero-order chi connectivity index (χ0) is 18.0. The molecule has 0 fully saturated rings. The van der Waals surface area contributed by atoms with Crippen molar-refractivity contribution >= 4 is 17.5 Å². The maximum Gasteiger partial charge on any atom is 0.254 e. The van der Waals surface area contributed by atoms with Gasteiger partial charge in [-0.1, -0.05) is 6.58 Å². The van der Waals surface area contributed by atoms with Gasteiger partial charge < -0.3 is 9.80 Å². The van der Waals surface area contributed by atoms with Gasteiger partial charge in [-0.05, 0) is 60.9 Å². The van der Waals surface area contributed by atoms with E-state index in [-0.39, 0.29) is 17.9 Å². The van der Waals surface area contributed by atoms with Crippen LogP contribution in [0, 0.1) is 0 Å². The van der Waals surface area contributed by atoms with Gasteiger partial charge in [-0.25, -0.2) is 0 Å². The molecule has 0 bridgehead atoms. The number of nitrogens with zero attached hydrogens (tertiary/aromatic N) is 3. The van der Waals surface area contributed by atoms with Gasteiger partial charge in [0.25, 0.3) is 5.91 Å². The summed E-state index contributed by atoms with van der Waals surface area (Å²) in [4.78, 5) is 32.1. The predicted octanol–water partition coefficient (Wildman–Crippen LogP) is 2.99. The van der Waals surface area contributed by atoms with Crippen LogP contribution in [0.4, 0.5) is 5.69 Å². The Bertz CT molecular complexity index is 814. The molecule has 3 rings (SSSR count). The summed E-state index contributed by atoms with van der Waals surface area (Å²) in [6.45, 7) is 6.20. The molecule has 5 nitrogen and oxygen atoms in total. The molecule has 1 unspecified atom stereocenters. The van der Waals surface area contributed by atoms with E-state index in [0.717, 1.165) is 17.7 Å². The maximum absolute atomic E-state index is 12.9. The van der Waals surface area contributed by atoms with Crippen molar-refractivity contribution in [3.63, 3.8) is 0 Å². The Morgan fingerprint density at radius 1 is 1.28 bits per heavy atom. The highest BCUT2D eigenvalue weighted by Crippen LogP contribution is 2.30. The minimum Gasteiger partial charge on any atom is -0.331 e. The molecule has 0 radical (unpaired) electrons. The van der Waals surface area contributed by atoms with Crippen LogP contribution in [0.3, 0.4) is 0 Å². The number of aromatic nitrogens is 1. The summed E-state index contributed by atoms with van der Waals surface area (Å²) in [5.74, 6) is -0.195. The molecule has 2 heterocycles. The zero-order valence-corrected chi connectivity index (χ0v) is 14.5. The average molecular weight is 335 g/mol. The molecule has 0 N–H and O–H groups in total. The van der Waals surface area contributed by atoms with Crippen LogP contribution in [0.5, 0.6) is 0 Å². The Labute approximate surface area is 147 Å². The van der Waals surface area contributed by atoms with Crippen molar-refractivity contribution in [2.45, 2.75) is 19.4 Å². The minimum absolute atomic E-state index is 0.00496. The second kappa shape index (κ2) is 6.89. The smallest absolute Gasteiger partial charge is 0.254 e. The van der Waals surface area contributed by atoms with Crippen molar-refractivity contribution < 1.29 is 9.59 Å². The highest BCUT2D eigenvalue weighted by Gasteiger charge is 2.28. The van der Waals surface area contributed by atoms with Gasteiger partial charge in [0.15, 0.2) is 0 Å². The number of amides is 2. The lowest BCUT2D eigenvalue weighted by Crippen LogP contribution is -2.38. The maximum atomic E-state index is 12.9. The van der Waals surface area contributed by atoms with E-state index in [2.05, 4.69) is 11.6 Å². The van der Waals surface area contributed by atoms with E-state index < -0.39 is 0 Å². The van der Waals surface area contributed by atoms with E-state index in [0.29, 0.717) is 12.1 Å². The topological polar surface area (TPSA) is 53.5 Å². The molecule has 1 atom stereocenters. The van der Waals surface area contributed by atoms with Crippen LogP contribution in [-0.2, 0) is 11.2 Å². The third-order valence-corrected chi connectivity index (χ3v) is 4.75. The Balaban J connectivity index is 1.80. The van der Waals surface area contributed by atoms with Gasteiger partial charge in [-0.2, -0.15) is 0 Å². The molecular formula is C20H21N3O2. The van der Waals surface area contributed by atoms with Crippen molar-refractivity contribution in [1.29, 1.82) is 0 Å². The molecule has 1 aromatic heterocycles. The second-order valence-electron chi connectivity index (χ2n) is 6.15. The molecule has 1 aliphatic heterocycles. The molecule has 1 aliphatic rings. The fraction of sp³-hybridized carbons (Fsp3) is 0.250. The standard InChI is InChI=1S/C20H21N3O2/c1-4-19(24)22(3)17-7-5-16(6-8-17)20(25)23-12-10-15-9-11-21-13-18(15)14(23)2/h4-9,11,13-14H,1,10,12H2,2-3H3. The van der Waals surface area contributed by atoms with E-state index in [9.17, 15) is 9.59 Å². The first-order valence-electron chi connectivity index (χ1n) is 8.27. The number of carbonyl (C=O) groups is 2. The fourth-order valence-electron chi connectivity index (χ4n) is 3.18. The third kappa shape index (κ3) is 3.18. The van der Waals surface area contributed by atoms with Crippen molar-refractivity contribution in [2.24, 2.45) is 0 Å². The number of hydrogen-bond acceptors (Lipinski definition) is 3. The number of fused-ring (bicyclic) bond motifs is 1. The second-order valence-corrected chi connectivity index (χ2v) is 6.15. The SMILES string of the molecule is C=CC(=O)N(C)c1ccc(C(=O)N2CCc3ccncc3C2C)cc1. The number of rotatable bonds is 3. The minimum atomic E-state index is -0.187. The summed E-state index contributed by atoms with van der Waals surface area (Å²) in [5, 5.41) is 0. The molecule has 0 saturated heterocycles. The fourth-order valence-corrected chi connectivity index (χ4v) is 3.18. The first-order chi connectivity index (χ1) is 12.0. The Morgan fingerprint density at radius 3 is 2.68 bits per heavy atom. The van der Waals surface area contributed by atoms with E-state index in [1.807, 2.05) is 24.1 Å². The highest BCUT2D eigenvalue weighted by molar-refractivity contribution is 6.01. The summed E-state index contributed by atoms with van der Waals surface area (Å²) in [6, 6.07) is 9.09. The summed E-state index contributed by atoms with van der Waals surface area (Å²) in [5.41, 5.74) is 3.70. The molecule has 25 heavy (non-hydrogen) atoms. The van der Waals surface area contributed by atoms with Crippen LogP contribution in [0.1, 0.15) is 34.5 Å². The Morgan fingerprint density at radius 2 is 2.00 bits per heavy atom. The molecule has 2 aromatic rings. The van der Waals surface area contributed by atoms with Crippen molar-refractivity contribution in [2.75, 3.05) is 18.5 Å². The number of carbonyl (C=O) groups excluding carboxylic acids is 2. The summed E-state index contributed by atoms with van der Waals surface area (Å²) in [7, 11) is 1.68. The molecule has 128 valence electrons. The first-order valence-corrected chi connectivity index (χ1v) is 8.27. The molecule has 0 aliphatic carbocycles. The molecule has 0 saturated carbocycles. The quantitative estimate of drug-likeness (QED) is 0.810. The number of hydrogen-bond donors (Lipinski definition) is 0. The predicted molar refractivity (Wildman–Crippen MR) is 97.4 cm³/mol. The van der Waals surface area contributed by atoms with E-state index in [1.54, 1.807) is 37.5 Å². The largest absolute Gasteiger partial charge is 0.331 e. The lowest BCUT2D eigenvalue weighted by Gasteiger charge is -2.35. The number of pyridine rings is 1. The van der Waals surface area contributed by atoms with Crippen LogP contribution in [0.2, 0.25) is 0 Å². The highest BCUT2D eigenvalue weighted by atomic mass is 16.2. The van der Waals surface area contributed by atoms with Gasteiger partial charge in [0.05, 0.1) is 6.04 Å². The average Bonchev–Trinajstić information content (AvgIpc) is 2.67. The van der Waals surface area contributed by atoms with Crippen LogP contribution in [0.25, 0.3) is 0 Å². The van der Waals surface area contributed by atoms with Gasteiger partial charge >= 0.3 is 0 Å². The van der Waals surface area contributed by atoms with Gasteiger partial charge in [-0.3, -0.25) is 14.6 Å².